The molecule has 102 valence electrons. The molecule has 0 amide bonds. The Bertz CT molecular complexity index is 639. The van der Waals surface area contributed by atoms with E-state index in [1.165, 1.54) is 0 Å². The molecule has 0 aromatic carbocycles. The van der Waals surface area contributed by atoms with Crippen molar-refractivity contribution in [3.8, 4) is 0 Å². The van der Waals surface area contributed by atoms with Crippen molar-refractivity contribution in [1.29, 1.82) is 0 Å². The number of aromatic nitrogens is 3. The highest BCUT2D eigenvalue weighted by atomic mass is 16.1. The van der Waals surface area contributed by atoms with E-state index in [2.05, 4.69) is 11.9 Å². The van der Waals surface area contributed by atoms with Crippen LogP contribution in [0.25, 0.3) is 0 Å². The van der Waals surface area contributed by atoms with Crippen LogP contribution in [-0.2, 0) is 13.1 Å². The van der Waals surface area contributed by atoms with Crippen molar-refractivity contribution in [2.45, 2.75) is 40.3 Å². The van der Waals surface area contributed by atoms with Gasteiger partial charge < -0.3 is 5.73 Å². The van der Waals surface area contributed by atoms with Crippen LogP contribution in [0, 0.1) is 13.8 Å². The Morgan fingerprint density at radius 3 is 2.63 bits per heavy atom. The molecule has 0 bridgehead atoms. The van der Waals surface area contributed by atoms with Crippen LogP contribution in [-0.4, -0.2) is 14.1 Å². The predicted octanol–water partition coefficient (Wildman–Crippen LogP) is 1.70. The molecule has 0 aliphatic carbocycles. The maximum Gasteiger partial charge on any atom is 0.328 e. The van der Waals surface area contributed by atoms with E-state index in [1.807, 2.05) is 20.0 Å². The molecule has 0 saturated carbocycles. The Morgan fingerprint density at radius 2 is 1.95 bits per heavy atom. The van der Waals surface area contributed by atoms with Gasteiger partial charge in [-0.05, 0) is 31.4 Å². The van der Waals surface area contributed by atoms with E-state index in [4.69, 9.17) is 5.73 Å². The van der Waals surface area contributed by atoms with Gasteiger partial charge in [0.2, 0.25) is 0 Å². The van der Waals surface area contributed by atoms with Gasteiger partial charge in [0, 0.05) is 30.8 Å². The molecule has 0 aliphatic heterocycles. The normalized spacial score (nSPS) is 10.9. The number of nitrogens with two attached hydrogens (primary N) is 1. The van der Waals surface area contributed by atoms with Crippen molar-refractivity contribution in [2.75, 3.05) is 5.73 Å². The zero-order valence-corrected chi connectivity index (χ0v) is 11.7. The fourth-order valence-electron chi connectivity index (χ4n) is 2.10. The monoisotopic (exact) mass is 260 g/mol. The molecule has 5 heteroatoms. The summed E-state index contributed by atoms with van der Waals surface area (Å²) >= 11 is 0. The standard InChI is InChI=1S/C14H20N4O/c1-4-5-17-6-7-18(14(17)19)9-12-11(3)13(15)10(2)8-16-12/h6-8H,4-5,9H2,1-3H3,(H2,15,16). The lowest BCUT2D eigenvalue weighted by molar-refractivity contribution is 0.620. The van der Waals surface area contributed by atoms with Crippen molar-refractivity contribution in [1.82, 2.24) is 14.1 Å². The molecule has 19 heavy (non-hydrogen) atoms. The quantitative estimate of drug-likeness (QED) is 0.910. The summed E-state index contributed by atoms with van der Waals surface area (Å²) in [6.07, 6.45) is 6.32. The van der Waals surface area contributed by atoms with Gasteiger partial charge in [-0.15, -0.1) is 0 Å². The van der Waals surface area contributed by atoms with Crippen molar-refractivity contribution in [3.63, 3.8) is 0 Å². The largest absolute Gasteiger partial charge is 0.398 e. The molecule has 0 fully saturated rings. The van der Waals surface area contributed by atoms with Crippen LogP contribution in [0.5, 0.6) is 0 Å². The number of hydrogen-bond acceptors (Lipinski definition) is 3. The summed E-state index contributed by atoms with van der Waals surface area (Å²) in [4.78, 5) is 16.5. The third-order valence-corrected chi connectivity index (χ3v) is 3.38. The van der Waals surface area contributed by atoms with Gasteiger partial charge in [-0.3, -0.25) is 14.1 Å². The highest BCUT2D eigenvalue weighted by Crippen LogP contribution is 2.18. The SMILES string of the molecule is CCCn1ccn(Cc2ncc(C)c(N)c2C)c1=O. The second kappa shape index (κ2) is 5.30. The number of aryl methyl sites for hydroxylation is 2. The highest BCUT2D eigenvalue weighted by Gasteiger charge is 2.09. The van der Waals surface area contributed by atoms with Gasteiger partial charge in [0.1, 0.15) is 0 Å². The first-order chi connectivity index (χ1) is 9.04. The van der Waals surface area contributed by atoms with Gasteiger partial charge in [0.05, 0.1) is 12.2 Å². The molecule has 0 unspecified atom stereocenters. The van der Waals surface area contributed by atoms with Crippen LogP contribution in [0.2, 0.25) is 0 Å². The van der Waals surface area contributed by atoms with E-state index in [1.54, 1.807) is 21.5 Å². The maximum absolute atomic E-state index is 12.1. The van der Waals surface area contributed by atoms with Crippen LogP contribution >= 0.6 is 0 Å². The van der Waals surface area contributed by atoms with E-state index >= 15 is 0 Å². The Morgan fingerprint density at radius 1 is 1.26 bits per heavy atom. The van der Waals surface area contributed by atoms with Gasteiger partial charge in [-0.25, -0.2) is 4.79 Å². The summed E-state index contributed by atoms with van der Waals surface area (Å²) < 4.78 is 3.38. The summed E-state index contributed by atoms with van der Waals surface area (Å²) in [6.45, 7) is 7.14. The van der Waals surface area contributed by atoms with E-state index in [9.17, 15) is 4.79 Å². The van der Waals surface area contributed by atoms with Crippen molar-refractivity contribution in [2.24, 2.45) is 0 Å². The molecule has 0 radical (unpaired) electrons. The van der Waals surface area contributed by atoms with Gasteiger partial charge in [-0.2, -0.15) is 0 Å². The van der Waals surface area contributed by atoms with Crippen LogP contribution in [0.3, 0.4) is 0 Å². The third kappa shape index (κ3) is 2.54. The van der Waals surface area contributed by atoms with Crippen molar-refractivity contribution >= 4 is 5.69 Å². The zero-order chi connectivity index (χ0) is 14.0. The number of nitrogens with zero attached hydrogens (tertiary/aromatic N) is 3. The second-order valence-corrected chi connectivity index (χ2v) is 4.83. The number of nitrogen functional groups attached to an aromatic ring is 1. The summed E-state index contributed by atoms with van der Waals surface area (Å²) in [5.41, 5.74) is 9.52. The molecule has 2 heterocycles. The molecule has 0 atom stereocenters. The molecule has 0 saturated heterocycles. The average molecular weight is 260 g/mol. The first kappa shape index (κ1) is 13.4. The Kier molecular flexibility index (Phi) is 3.74. The molecule has 2 aromatic rings. The van der Waals surface area contributed by atoms with Crippen LogP contribution in [0.15, 0.2) is 23.4 Å². The van der Waals surface area contributed by atoms with Gasteiger partial charge in [0.15, 0.2) is 0 Å². The number of anilines is 1. The fraction of sp³-hybridized carbons (Fsp3) is 0.429. The Hall–Kier alpha value is -2.04. The molecule has 2 rings (SSSR count). The molecule has 0 aliphatic rings. The van der Waals surface area contributed by atoms with Crippen LogP contribution in [0.1, 0.15) is 30.2 Å². The van der Waals surface area contributed by atoms with E-state index < -0.39 is 0 Å². The molecule has 2 aromatic heterocycles. The van der Waals surface area contributed by atoms with Gasteiger partial charge in [0.25, 0.3) is 0 Å². The summed E-state index contributed by atoms with van der Waals surface area (Å²) in [5, 5.41) is 0. The van der Waals surface area contributed by atoms with Gasteiger partial charge in [-0.1, -0.05) is 6.92 Å². The lowest BCUT2D eigenvalue weighted by Gasteiger charge is -2.10. The minimum Gasteiger partial charge on any atom is -0.398 e. The van der Waals surface area contributed by atoms with Crippen LogP contribution in [0.4, 0.5) is 5.69 Å². The number of rotatable bonds is 4. The molecule has 0 spiro atoms. The number of imidazole rings is 1. The highest BCUT2D eigenvalue weighted by molar-refractivity contribution is 5.53. The smallest absolute Gasteiger partial charge is 0.328 e. The molecule has 5 nitrogen and oxygen atoms in total. The molecule has 2 N–H and O–H groups in total. The summed E-state index contributed by atoms with van der Waals surface area (Å²) in [6, 6.07) is 0. The third-order valence-electron chi connectivity index (χ3n) is 3.38. The fourth-order valence-corrected chi connectivity index (χ4v) is 2.10. The Labute approximate surface area is 112 Å². The first-order valence-electron chi connectivity index (χ1n) is 6.50. The summed E-state index contributed by atoms with van der Waals surface area (Å²) in [5.74, 6) is 0. The van der Waals surface area contributed by atoms with E-state index in [0.717, 1.165) is 35.5 Å². The molecular formula is C14H20N4O. The van der Waals surface area contributed by atoms with Crippen molar-refractivity contribution < 1.29 is 0 Å². The number of hydrogen-bond donors (Lipinski definition) is 1. The molecular weight excluding hydrogens is 240 g/mol. The van der Waals surface area contributed by atoms with Gasteiger partial charge >= 0.3 is 5.69 Å². The first-order valence-corrected chi connectivity index (χ1v) is 6.50. The second-order valence-electron chi connectivity index (χ2n) is 4.83. The van der Waals surface area contributed by atoms with E-state index in [-0.39, 0.29) is 5.69 Å². The van der Waals surface area contributed by atoms with E-state index in [0.29, 0.717) is 6.54 Å². The van der Waals surface area contributed by atoms with Crippen molar-refractivity contribution in [3.05, 3.63) is 45.9 Å². The minimum atomic E-state index is 0.00203. The zero-order valence-electron chi connectivity index (χ0n) is 11.7. The lowest BCUT2D eigenvalue weighted by atomic mass is 10.1. The van der Waals surface area contributed by atoms with Crippen LogP contribution < -0.4 is 11.4 Å². The average Bonchev–Trinajstić information content (AvgIpc) is 2.73. The topological polar surface area (TPSA) is 65.8 Å². The minimum absolute atomic E-state index is 0.00203. The number of pyridine rings is 1. The summed E-state index contributed by atoms with van der Waals surface area (Å²) in [7, 11) is 0. The Balaban J connectivity index is 2.32. The lowest BCUT2D eigenvalue weighted by Crippen LogP contribution is -2.25. The predicted molar refractivity (Wildman–Crippen MR) is 76.2 cm³/mol. The maximum atomic E-state index is 12.1.